The number of hydrogen-bond acceptors (Lipinski definition) is 6. The fourth-order valence-corrected chi connectivity index (χ4v) is 20.6. The van der Waals surface area contributed by atoms with Crippen molar-refractivity contribution in [1.82, 2.24) is 0 Å². The first-order chi connectivity index (χ1) is 71.6. The van der Waals surface area contributed by atoms with E-state index in [4.69, 9.17) is 13.1 Å². The van der Waals surface area contributed by atoms with Gasteiger partial charge >= 0.3 is 0 Å². The molecule has 0 unspecified atom stereocenters. The molecule has 0 radical (unpaired) electrons. The van der Waals surface area contributed by atoms with E-state index in [2.05, 4.69) is 250 Å². The van der Waals surface area contributed by atoms with Gasteiger partial charge in [-0.3, -0.25) is 0 Å². The largest absolute Gasteiger partial charge is 0.310 e. The highest BCUT2D eigenvalue weighted by molar-refractivity contribution is 6.30. The summed E-state index contributed by atoms with van der Waals surface area (Å²) in [5.74, 6) is -1.44. The van der Waals surface area contributed by atoms with Crippen molar-refractivity contribution < 1.29 is 17.6 Å². The molecule has 688 valence electrons. The molecule has 0 N–H and O–H groups in total. The number of benzene rings is 24. The van der Waals surface area contributed by atoms with Gasteiger partial charge in [0, 0.05) is 55.7 Å². The van der Waals surface area contributed by atoms with Crippen molar-refractivity contribution in [3.63, 3.8) is 0 Å². The van der Waals surface area contributed by atoms with Gasteiger partial charge < -0.3 is 19.6 Å². The second kappa shape index (κ2) is 38.4. The van der Waals surface area contributed by atoms with Gasteiger partial charge in [-0.1, -0.05) is 291 Å². The summed E-state index contributed by atoms with van der Waals surface area (Å²) < 4.78 is 64.9. The van der Waals surface area contributed by atoms with Crippen LogP contribution in [0.4, 0.5) is 97.2 Å². The molecule has 0 atom stereocenters. The zero-order chi connectivity index (χ0) is 99.2. The average molecular weight is 1880 g/mol. The van der Waals surface area contributed by atoms with E-state index < -0.39 is 0 Å². The summed E-state index contributed by atoms with van der Waals surface area (Å²) in [6.45, 7) is 19.0. The van der Waals surface area contributed by atoms with E-state index in [-0.39, 0.29) is 23.3 Å². The van der Waals surface area contributed by atoms with Crippen molar-refractivity contribution in [2.45, 2.75) is 13.8 Å². The quantitative estimate of drug-likeness (QED) is 0.0430. The van der Waals surface area contributed by atoms with Crippen molar-refractivity contribution in [2.75, 3.05) is 19.6 Å². The Hall–Kier alpha value is -19.8. The summed E-state index contributed by atoms with van der Waals surface area (Å²) >= 11 is 0. The van der Waals surface area contributed by atoms with Crippen LogP contribution in [0.15, 0.2) is 473 Å². The van der Waals surface area contributed by atoms with E-state index in [1.54, 1.807) is 36.4 Å². The summed E-state index contributed by atoms with van der Waals surface area (Å²) in [6.07, 6.45) is 0. The van der Waals surface area contributed by atoms with Crippen LogP contribution in [0.1, 0.15) is 22.3 Å². The first-order valence-corrected chi connectivity index (χ1v) is 48.0. The van der Waals surface area contributed by atoms with Gasteiger partial charge in [0.05, 0.1) is 70.5 Å². The Morgan fingerprint density at radius 1 is 0.205 bits per heavy atom. The lowest BCUT2D eigenvalue weighted by atomic mass is 9.91. The molecule has 24 aromatic carbocycles. The highest BCUT2D eigenvalue weighted by atomic mass is 19.1. The minimum Gasteiger partial charge on any atom is -0.310 e. The molecule has 0 aliphatic rings. The molecule has 0 aromatic heterocycles. The number of rotatable bonds is 20. The molecule has 0 heterocycles. The first-order valence-electron chi connectivity index (χ1n) is 48.0. The number of anilines is 12. The highest BCUT2D eigenvalue weighted by Crippen LogP contribution is 2.54. The van der Waals surface area contributed by atoms with Crippen molar-refractivity contribution >= 4 is 144 Å². The zero-order valence-electron chi connectivity index (χ0n) is 79.1. The number of hydrogen-bond donors (Lipinski definition) is 0. The SMILES string of the molecule is [C-]#[N+]c1ccc(-c2cc(-c3ccccc3)cc(N(c3ccc(C)cc3F)c3ccc4ccc5c(N(c6cc(-c7ccccc7)cc(-c7ccc(C#N)cc7)c6)c6ccc(C)cc6F)ccc6ccc3c4c65)c2)cc1.[C-]#[N+]c1ccc(-c2cc(-c3ccccc3)cc(N(c3cccc(F)c3)c3ccc4ccc5c(N(c6cccc(F)c6)c6cc(-c7ccccc7)cc(-c7ccc(C#N)cc7)c6)ccc6ccc3c4c65)c2)cc1. The van der Waals surface area contributed by atoms with Crippen molar-refractivity contribution in [2.24, 2.45) is 0 Å². The number of halogens is 4. The number of nitriles is 2. The molecule has 12 heteroatoms. The Morgan fingerprint density at radius 3 is 0.699 bits per heavy atom. The molecule has 0 aliphatic carbocycles. The van der Waals surface area contributed by atoms with E-state index >= 15 is 17.6 Å². The molecule has 0 spiro atoms. The fraction of sp³-hybridized carbons (Fsp3) is 0.0149. The monoisotopic (exact) mass is 1880 g/mol. The van der Waals surface area contributed by atoms with Crippen LogP contribution in [0.3, 0.4) is 0 Å². The number of aryl methyl sites for hydroxylation is 2. The van der Waals surface area contributed by atoms with Crippen LogP contribution in [0.5, 0.6) is 0 Å². The third-order valence-corrected chi connectivity index (χ3v) is 27.5. The molecule has 0 amide bonds. The van der Waals surface area contributed by atoms with Crippen LogP contribution in [-0.2, 0) is 0 Å². The minimum absolute atomic E-state index is 0.356. The van der Waals surface area contributed by atoms with E-state index in [1.807, 2.05) is 230 Å². The van der Waals surface area contributed by atoms with Gasteiger partial charge in [0.25, 0.3) is 0 Å². The molecule has 0 fully saturated rings. The summed E-state index contributed by atoms with van der Waals surface area (Å²) in [6, 6.07) is 159. The Morgan fingerprint density at radius 2 is 0.445 bits per heavy atom. The summed E-state index contributed by atoms with van der Waals surface area (Å²) in [5.41, 5.74) is 27.8. The van der Waals surface area contributed by atoms with E-state index in [0.717, 1.165) is 210 Å². The van der Waals surface area contributed by atoms with Crippen LogP contribution in [0, 0.1) is 72.9 Å². The maximum Gasteiger partial charge on any atom is 0.187 e. The predicted molar refractivity (Wildman–Crippen MR) is 594 cm³/mol. The molecule has 24 aromatic rings. The van der Waals surface area contributed by atoms with Crippen molar-refractivity contribution in [3.05, 3.63) is 542 Å². The molecular formula is C134H84F4N8. The Kier molecular flexibility index (Phi) is 23.7. The summed E-state index contributed by atoms with van der Waals surface area (Å²) in [5, 5.41) is 31.2. The molecule has 146 heavy (non-hydrogen) atoms. The second-order valence-electron chi connectivity index (χ2n) is 36.6. The van der Waals surface area contributed by atoms with E-state index in [9.17, 15) is 10.5 Å². The van der Waals surface area contributed by atoms with Gasteiger partial charge in [0.1, 0.15) is 23.3 Å². The smallest absolute Gasteiger partial charge is 0.187 e. The maximum absolute atomic E-state index is 16.9. The molecular weight excluding hydrogens is 1800 g/mol. The van der Waals surface area contributed by atoms with Gasteiger partial charge in [-0.2, -0.15) is 10.5 Å². The standard InChI is InChI=1S/C68H44F2N4.C66H40F2N4/c1-43-14-30-65(61(69)34-43)73(57-38-52(46-10-6-4-7-11-46)36-54(40-57)48-18-16-45(42-71)17-19-48)63-32-24-50-23-29-60-64(33-25-51-22-28-59(63)67(50)68(51)60)74(66-31-15-44(2)35-62(66)70)58-39-53(47-12-8-5-9-13-47)37-55(41-58)49-20-26-56(72-3)27-21-49;1-70-56-28-22-47(23-29-56)53-35-51(45-12-6-3-7-13-45)37-60(39-53)72(58-17-9-15-55(68)41-58)64-33-27-49-24-30-61-63(32-26-48-25-31-62(64)66(49)65(48)61)71(57-16-8-14-54(67)40-57)59-36-50(44-10-4-2-5-11-44)34-52(38-59)46-20-18-43(42-69)19-21-46/h4-41H,1-2H3;2-41H. The lowest BCUT2D eigenvalue weighted by Crippen LogP contribution is -2.13. The van der Waals surface area contributed by atoms with Crippen LogP contribution in [-0.4, -0.2) is 0 Å². The first kappa shape index (κ1) is 90.1. The Bertz CT molecular complexity index is 8820. The third-order valence-electron chi connectivity index (χ3n) is 27.5. The van der Waals surface area contributed by atoms with Crippen LogP contribution in [0.2, 0.25) is 0 Å². The van der Waals surface area contributed by atoms with Crippen LogP contribution >= 0.6 is 0 Å². The lowest BCUT2D eigenvalue weighted by Gasteiger charge is -2.30. The third kappa shape index (κ3) is 17.3. The van der Waals surface area contributed by atoms with Crippen molar-refractivity contribution in [1.29, 1.82) is 10.5 Å². The van der Waals surface area contributed by atoms with Crippen LogP contribution < -0.4 is 19.6 Å². The minimum atomic E-state index is -0.363. The van der Waals surface area contributed by atoms with Gasteiger partial charge in [0.15, 0.2) is 11.4 Å². The summed E-state index contributed by atoms with van der Waals surface area (Å²) in [4.78, 5) is 15.6. The molecule has 24 rings (SSSR count). The molecule has 0 saturated carbocycles. The zero-order valence-corrected chi connectivity index (χ0v) is 79.1. The van der Waals surface area contributed by atoms with E-state index in [0.29, 0.717) is 45.3 Å². The van der Waals surface area contributed by atoms with Crippen molar-refractivity contribution in [3.8, 4) is 101 Å². The highest BCUT2D eigenvalue weighted by Gasteiger charge is 2.30. The fourth-order valence-electron chi connectivity index (χ4n) is 20.6. The molecule has 0 bridgehead atoms. The van der Waals surface area contributed by atoms with Gasteiger partial charge in [-0.25, -0.2) is 27.3 Å². The molecule has 0 saturated heterocycles. The normalized spacial score (nSPS) is 11.2. The average Bonchev–Trinajstić information content (AvgIpc) is 0.720. The maximum atomic E-state index is 16.9. The van der Waals surface area contributed by atoms with E-state index in [1.165, 1.54) is 12.1 Å². The van der Waals surface area contributed by atoms with Gasteiger partial charge in [-0.15, -0.1) is 0 Å². The van der Waals surface area contributed by atoms with Gasteiger partial charge in [0.2, 0.25) is 0 Å². The topological polar surface area (TPSA) is 69.3 Å². The summed E-state index contributed by atoms with van der Waals surface area (Å²) in [7, 11) is 0. The molecule has 8 nitrogen and oxygen atoms in total. The second-order valence-corrected chi connectivity index (χ2v) is 36.6. The molecule has 0 aliphatic heterocycles. The van der Waals surface area contributed by atoms with Gasteiger partial charge in [-0.05, 0) is 339 Å². The predicted octanol–water partition coefficient (Wildman–Crippen LogP) is 38.4. The number of nitrogens with zero attached hydrogens (tertiary/aromatic N) is 8. The Labute approximate surface area is 842 Å². The lowest BCUT2D eigenvalue weighted by molar-refractivity contribution is 0.627. The Balaban J connectivity index is 0.000000161. The van der Waals surface area contributed by atoms with Crippen LogP contribution in [0.25, 0.3) is 163 Å².